The van der Waals surface area contributed by atoms with Crippen molar-refractivity contribution in [2.24, 2.45) is 0 Å². The van der Waals surface area contributed by atoms with E-state index >= 15 is 0 Å². The molecule has 0 radical (unpaired) electrons. The molecular weight excluding hydrogens is 326 g/mol. The minimum Gasteiger partial charge on any atom is -0.481 e. The van der Waals surface area contributed by atoms with Crippen LogP contribution in [0.4, 0.5) is 0 Å². The molecule has 4 heteroatoms. The van der Waals surface area contributed by atoms with Crippen LogP contribution in [0, 0.1) is 0 Å². The molecule has 0 fully saturated rings. The number of carboxylic acids is 1. The number of rotatable bonds is 7. The first kappa shape index (κ1) is 17.5. The Labute approximate surface area is 152 Å². The van der Waals surface area contributed by atoms with Crippen LogP contribution >= 0.6 is 0 Å². The van der Waals surface area contributed by atoms with Gasteiger partial charge in [0.2, 0.25) is 0 Å². The first-order valence-electron chi connectivity index (χ1n) is 8.46. The van der Waals surface area contributed by atoms with Gasteiger partial charge in [0.25, 0.3) is 0 Å². The van der Waals surface area contributed by atoms with E-state index in [-0.39, 0.29) is 18.6 Å². The molecule has 2 aromatic carbocycles. The molecule has 1 aromatic heterocycles. The average molecular weight is 345 g/mol. The van der Waals surface area contributed by atoms with E-state index in [1.807, 2.05) is 54.6 Å². The van der Waals surface area contributed by atoms with Gasteiger partial charge in [-0.2, -0.15) is 0 Å². The summed E-state index contributed by atoms with van der Waals surface area (Å²) in [6.45, 7) is 0. The van der Waals surface area contributed by atoms with E-state index in [1.54, 1.807) is 24.5 Å². The summed E-state index contributed by atoms with van der Waals surface area (Å²) in [5.41, 5.74) is 3.47. The lowest BCUT2D eigenvalue weighted by Gasteiger charge is -2.16. The van der Waals surface area contributed by atoms with Crippen LogP contribution in [0.25, 0.3) is 11.1 Å². The summed E-state index contributed by atoms with van der Waals surface area (Å²) < 4.78 is 0. The summed E-state index contributed by atoms with van der Waals surface area (Å²) in [7, 11) is 0. The first-order valence-corrected chi connectivity index (χ1v) is 8.46. The lowest BCUT2D eigenvalue weighted by atomic mass is 9.86. The van der Waals surface area contributed by atoms with Crippen LogP contribution in [-0.4, -0.2) is 21.8 Å². The predicted molar refractivity (Wildman–Crippen MR) is 100 cm³/mol. The van der Waals surface area contributed by atoms with Gasteiger partial charge in [0.1, 0.15) is 0 Å². The van der Waals surface area contributed by atoms with Crippen LogP contribution in [0.15, 0.2) is 79.1 Å². The van der Waals surface area contributed by atoms with Crippen molar-refractivity contribution in [1.82, 2.24) is 4.98 Å². The fraction of sp³-hybridized carbons (Fsp3) is 0.136. The summed E-state index contributed by atoms with van der Waals surface area (Å²) >= 11 is 0. The molecule has 0 saturated heterocycles. The van der Waals surface area contributed by atoms with E-state index in [1.165, 1.54) is 0 Å². The summed E-state index contributed by atoms with van der Waals surface area (Å²) in [6, 6.07) is 20.6. The van der Waals surface area contributed by atoms with Crippen molar-refractivity contribution in [3.05, 3.63) is 90.3 Å². The van der Waals surface area contributed by atoms with E-state index in [4.69, 9.17) is 5.11 Å². The normalized spacial score (nSPS) is 11.7. The Balaban J connectivity index is 1.85. The smallest absolute Gasteiger partial charge is 0.303 e. The van der Waals surface area contributed by atoms with Gasteiger partial charge in [-0.25, -0.2) is 0 Å². The van der Waals surface area contributed by atoms with E-state index in [9.17, 15) is 9.59 Å². The molecule has 4 nitrogen and oxygen atoms in total. The predicted octanol–water partition coefficient (Wildman–Crippen LogP) is 4.58. The van der Waals surface area contributed by atoms with Gasteiger partial charge in [0, 0.05) is 30.3 Å². The number of pyridine rings is 1. The van der Waals surface area contributed by atoms with Gasteiger partial charge in [0.05, 0.1) is 0 Å². The highest BCUT2D eigenvalue weighted by atomic mass is 16.4. The number of Topliss-reactive ketones (excluding diaryl/α,β-unsaturated/α-hetero) is 1. The molecular formula is C22H19NO3. The number of ketones is 1. The number of carboxylic acid groups (broad SMARTS) is 1. The second kappa shape index (κ2) is 8.21. The highest BCUT2D eigenvalue weighted by Crippen LogP contribution is 2.27. The van der Waals surface area contributed by atoms with Crippen molar-refractivity contribution in [3.63, 3.8) is 0 Å². The minimum absolute atomic E-state index is 0.0413. The molecule has 1 atom stereocenters. The standard InChI is InChI=1S/C22H19NO3/c24-21(25)11-10-20(18-4-2-1-3-5-18)22(26)19-8-6-16(7-9-19)17-12-14-23-15-13-17/h1-9,12-15,20H,10-11H2,(H,24,25). The SMILES string of the molecule is O=C(O)CCC(C(=O)c1ccc(-c2ccncc2)cc1)c1ccccc1. The molecule has 3 rings (SSSR count). The molecule has 1 heterocycles. The van der Waals surface area contributed by atoms with E-state index in [0.717, 1.165) is 16.7 Å². The van der Waals surface area contributed by atoms with Gasteiger partial charge in [0.15, 0.2) is 5.78 Å². The summed E-state index contributed by atoms with van der Waals surface area (Å²) in [4.78, 5) is 28.0. The molecule has 0 saturated carbocycles. The van der Waals surface area contributed by atoms with E-state index in [2.05, 4.69) is 4.98 Å². The fourth-order valence-electron chi connectivity index (χ4n) is 2.97. The highest BCUT2D eigenvalue weighted by Gasteiger charge is 2.22. The van der Waals surface area contributed by atoms with Gasteiger partial charge in [-0.05, 0) is 35.2 Å². The topological polar surface area (TPSA) is 67.3 Å². The van der Waals surface area contributed by atoms with Crippen molar-refractivity contribution in [2.45, 2.75) is 18.8 Å². The van der Waals surface area contributed by atoms with Crippen molar-refractivity contribution in [2.75, 3.05) is 0 Å². The third-order valence-corrected chi connectivity index (χ3v) is 4.35. The minimum atomic E-state index is -0.897. The van der Waals surface area contributed by atoms with E-state index in [0.29, 0.717) is 5.56 Å². The van der Waals surface area contributed by atoms with Crippen LogP contribution in [-0.2, 0) is 4.79 Å². The maximum Gasteiger partial charge on any atom is 0.303 e. The van der Waals surface area contributed by atoms with Crippen molar-refractivity contribution in [1.29, 1.82) is 0 Å². The van der Waals surface area contributed by atoms with Gasteiger partial charge in [-0.1, -0.05) is 54.6 Å². The lowest BCUT2D eigenvalue weighted by molar-refractivity contribution is -0.137. The van der Waals surface area contributed by atoms with Gasteiger partial charge in [-0.15, -0.1) is 0 Å². The number of benzene rings is 2. The first-order chi connectivity index (χ1) is 12.6. The third kappa shape index (κ3) is 4.22. The quantitative estimate of drug-likeness (QED) is 0.637. The Hall–Kier alpha value is -3.27. The maximum absolute atomic E-state index is 13.0. The monoisotopic (exact) mass is 345 g/mol. The lowest BCUT2D eigenvalue weighted by Crippen LogP contribution is -2.14. The van der Waals surface area contributed by atoms with Crippen LogP contribution < -0.4 is 0 Å². The number of aliphatic carboxylic acids is 1. The zero-order valence-corrected chi connectivity index (χ0v) is 14.2. The molecule has 0 aliphatic heterocycles. The number of hydrogen-bond acceptors (Lipinski definition) is 3. The number of carbonyl (C=O) groups excluding carboxylic acids is 1. The molecule has 26 heavy (non-hydrogen) atoms. The number of aromatic nitrogens is 1. The zero-order chi connectivity index (χ0) is 18.4. The summed E-state index contributed by atoms with van der Waals surface area (Å²) in [5, 5.41) is 9.01. The van der Waals surface area contributed by atoms with Gasteiger partial charge in [-0.3, -0.25) is 14.6 Å². The Morgan fingerprint density at radius 1 is 0.846 bits per heavy atom. The fourth-order valence-corrected chi connectivity index (χ4v) is 2.97. The van der Waals surface area contributed by atoms with Gasteiger partial charge < -0.3 is 5.11 Å². The number of nitrogens with zero attached hydrogens (tertiary/aromatic N) is 1. The van der Waals surface area contributed by atoms with Gasteiger partial charge >= 0.3 is 5.97 Å². The Morgan fingerprint density at radius 3 is 2.08 bits per heavy atom. The second-order valence-electron chi connectivity index (χ2n) is 6.07. The molecule has 0 bridgehead atoms. The maximum atomic E-state index is 13.0. The molecule has 1 N–H and O–H groups in total. The Kier molecular flexibility index (Phi) is 5.54. The molecule has 130 valence electrons. The van der Waals surface area contributed by atoms with Crippen LogP contribution in [0.2, 0.25) is 0 Å². The van der Waals surface area contributed by atoms with Crippen molar-refractivity contribution in [3.8, 4) is 11.1 Å². The third-order valence-electron chi connectivity index (χ3n) is 4.35. The van der Waals surface area contributed by atoms with Crippen LogP contribution in [0.5, 0.6) is 0 Å². The molecule has 0 amide bonds. The molecule has 0 spiro atoms. The number of hydrogen-bond donors (Lipinski definition) is 1. The summed E-state index contributed by atoms with van der Waals surface area (Å²) in [6.07, 6.45) is 3.70. The number of carbonyl (C=O) groups is 2. The highest BCUT2D eigenvalue weighted by molar-refractivity contribution is 6.01. The van der Waals surface area contributed by atoms with Crippen LogP contribution in [0.3, 0.4) is 0 Å². The molecule has 0 aliphatic rings. The molecule has 1 unspecified atom stereocenters. The largest absolute Gasteiger partial charge is 0.481 e. The Bertz CT molecular complexity index is 874. The van der Waals surface area contributed by atoms with Crippen molar-refractivity contribution >= 4 is 11.8 Å². The van der Waals surface area contributed by atoms with Crippen molar-refractivity contribution < 1.29 is 14.7 Å². The summed E-state index contributed by atoms with van der Waals surface area (Å²) in [5.74, 6) is -1.41. The Morgan fingerprint density at radius 2 is 1.46 bits per heavy atom. The molecule has 0 aliphatic carbocycles. The zero-order valence-electron chi connectivity index (χ0n) is 14.2. The van der Waals surface area contributed by atoms with E-state index < -0.39 is 11.9 Å². The van der Waals surface area contributed by atoms with Crippen LogP contribution in [0.1, 0.15) is 34.7 Å². The second-order valence-corrected chi connectivity index (χ2v) is 6.07. The average Bonchev–Trinajstić information content (AvgIpc) is 2.69. The molecule has 3 aromatic rings.